The molecule has 1 aliphatic heterocycles. The molecule has 0 radical (unpaired) electrons. The SMILES string of the molecule is CC(C)c1ccc([C@H](CN)N2CCCCC2)cc1. The van der Waals surface area contributed by atoms with Gasteiger partial charge in [0.05, 0.1) is 0 Å². The fourth-order valence-electron chi connectivity index (χ4n) is 2.83. The Morgan fingerprint density at radius 2 is 1.56 bits per heavy atom. The van der Waals surface area contributed by atoms with E-state index in [1.54, 1.807) is 0 Å². The molecule has 2 rings (SSSR count). The van der Waals surface area contributed by atoms with Crippen LogP contribution >= 0.6 is 0 Å². The summed E-state index contributed by atoms with van der Waals surface area (Å²) >= 11 is 0. The molecular formula is C16H26N2. The molecule has 2 nitrogen and oxygen atoms in total. The minimum absolute atomic E-state index is 0.409. The molecule has 1 aromatic carbocycles. The number of nitrogens with two attached hydrogens (primary N) is 1. The van der Waals surface area contributed by atoms with Crippen molar-refractivity contribution in [2.45, 2.75) is 45.1 Å². The molecule has 2 heteroatoms. The highest BCUT2D eigenvalue weighted by Gasteiger charge is 2.20. The van der Waals surface area contributed by atoms with E-state index in [9.17, 15) is 0 Å². The summed E-state index contributed by atoms with van der Waals surface area (Å²) in [6.45, 7) is 7.60. The Morgan fingerprint density at radius 1 is 1.00 bits per heavy atom. The van der Waals surface area contributed by atoms with Gasteiger partial charge in [0, 0.05) is 12.6 Å². The zero-order valence-electron chi connectivity index (χ0n) is 11.7. The Labute approximate surface area is 111 Å². The molecule has 0 bridgehead atoms. The molecule has 1 saturated heterocycles. The molecule has 1 aromatic rings. The summed E-state index contributed by atoms with van der Waals surface area (Å²) in [6.07, 6.45) is 4.02. The predicted octanol–water partition coefficient (Wildman–Crippen LogP) is 3.30. The molecule has 1 fully saturated rings. The van der Waals surface area contributed by atoms with Crippen LogP contribution in [-0.4, -0.2) is 24.5 Å². The highest BCUT2D eigenvalue weighted by Crippen LogP contribution is 2.25. The van der Waals surface area contributed by atoms with Gasteiger partial charge in [-0.3, -0.25) is 4.90 Å². The minimum Gasteiger partial charge on any atom is -0.329 e. The number of hydrogen-bond donors (Lipinski definition) is 1. The third-order valence-corrected chi connectivity index (χ3v) is 4.04. The van der Waals surface area contributed by atoms with E-state index in [1.807, 2.05) is 0 Å². The van der Waals surface area contributed by atoms with Gasteiger partial charge in [-0.15, -0.1) is 0 Å². The van der Waals surface area contributed by atoms with Crippen LogP contribution in [0.2, 0.25) is 0 Å². The Kier molecular flexibility index (Phi) is 4.79. The van der Waals surface area contributed by atoms with Gasteiger partial charge in [0.2, 0.25) is 0 Å². The monoisotopic (exact) mass is 246 g/mol. The first kappa shape index (κ1) is 13.6. The van der Waals surface area contributed by atoms with Crippen LogP contribution in [0.25, 0.3) is 0 Å². The van der Waals surface area contributed by atoms with E-state index >= 15 is 0 Å². The minimum atomic E-state index is 0.409. The van der Waals surface area contributed by atoms with Crippen molar-refractivity contribution in [3.63, 3.8) is 0 Å². The highest BCUT2D eigenvalue weighted by atomic mass is 15.2. The first-order valence-corrected chi connectivity index (χ1v) is 7.26. The molecule has 0 unspecified atom stereocenters. The average molecular weight is 246 g/mol. The maximum Gasteiger partial charge on any atom is 0.0470 e. The lowest BCUT2D eigenvalue weighted by Gasteiger charge is -2.34. The lowest BCUT2D eigenvalue weighted by atomic mass is 9.97. The smallest absolute Gasteiger partial charge is 0.0470 e. The molecule has 18 heavy (non-hydrogen) atoms. The fourth-order valence-corrected chi connectivity index (χ4v) is 2.83. The summed E-state index contributed by atoms with van der Waals surface area (Å²) in [5, 5.41) is 0. The van der Waals surface area contributed by atoms with Crippen LogP contribution in [0.5, 0.6) is 0 Å². The number of rotatable bonds is 4. The Hall–Kier alpha value is -0.860. The van der Waals surface area contributed by atoms with Gasteiger partial charge < -0.3 is 5.73 Å². The molecule has 100 valence electrons. The molecule has 1 aliphatic rings. The van der Waals surface area contributed by atoms with Crippen molar-refractivity contribution in [1.29, 1.82) is 0 Å². The summed E-state index contributed by atoms with van der Waals surface area (Å²) in [5.74, 6) is 0.602. The lowest BCUT2D eigenvalue weighted by Crippen LogP contribution is -2.37. The predicted molar refractivity (Wildman–Crippen MR) is 77.8 cm³/mol. The lowest BCUT2D eigenvalue weighted by molar-refractivity contribution is 0.167. The van der Waals surface area contributed by atoms with E-state index in [1.165, 1.54) is 43.5 Å². The van der Waals surface area contributed by atoms with Gasteiger partial charge in [-0.25, -0.2) is 0 Å². The maximum atomic E-state index is 5.99. The van der Waals surface area contributed by atoms with Crippen LogP contribution in [0.15, 0.2) is 24.3 Å². The molecule has 0 saturated carbocycles. The second-order valence-corrected chi connectivity index (χ2v) is 5.67. The zero-order valence-corrected chi connectivity index (χ0v) is 11.7. The van der Waals surface area contributed by atoms with Gasteiger partial charge in [-0.2, -0.15) is 0 Å². The summed E-state index contributed by atoms with van der Waals surface area (Å²) in [5.41, 5.74) is 8.78. The number of piperidine rings is 1. The van der Waals surface area contributed by atoms with Gasteiger partial charge in [0.1, 0.15) is 0 Å². The quantitative estimate of drug-likeness (QED) is 0.883. The molecule has 0 aromatic heterocycles. The zero-order chi connectivity index (χ0) is 13.0. The van der Waals surface area contributed by atoms with E-state index in [-0.39, 0.29) is 0 Å². The van der Waals surface area contributed by atoms with Crippen molar-refractivity contribution >= 4 is 0 Å². The van der Waals surface area contributed by atoms with Crippen LogP contribution < -0.4 is 5.73 Å². The molecule has 1 heterocycles. The second-order valence-electron chi connectivity index (χ2n) is 5.67. The van der Waals surface area contributed by atoms with Crippen molar-refractivity contribution in [2.24, 2.45) is 5.73 Å². The third-order valence-electron chi connectivity index (χ3n) is 4.04. The average Bonchev–Trinajstić information content (AvgIpc) is 2.41. The largest absolute Gasteiger partial charge is 0.329 e. The molecular weight excluding hydrogens is 220 g/mol. The van der Waals surface area contributed by atoms with E-state index < -0.39 is 0 Å². The number of benzene rings is 1. The van der Waals surface area contributed by atoms with Crippen molar-refractivity contribution in [3.05, 3.63) is 35.4 Å². The van der Waals surface area contributed by atoms with Crippen molar-refractivity contribution < 1.29 is 0 Å². The molecule has 1 atom stereocenters. The maximum absolute atomic E-state index is 5.99. The topological polar surface area (TPSA) is 29.3 Å². The van der Waals surface area contributed by atoms with Crippen LogP contribution in [0, 0.1) is 0 Å². The second kappa shape index (κ2) is 6.35. The first-order valence-electron chi connectivity index (χ1n) is 7.26. The van der Waals surface area contributed by atoms with E-state index in [0.29, 0.717) is 12.0 Å². The Morgan fingerprint density at radius 3 is 2.06 bits per heavy atom. The van der Waals surface area contributed by atoms with Crippen molar-refractivity contribution in [3.8, 4) is 0 Å². The van der Waals surface area contributed by atoms with Gasteiger partial charge in [0.25, 0.3) is 0 Å². The molecule has 0 amide bonds. The number of hydrogen-bond acceptors (Lipinski definition) is 2. The van der Waals surface area contributed by atoms with Crippen LogP contribution in [-0.2, 0) is 0 Å². The normalized spacial score (nSPS) is 19.1. The van der Waals surface area contributed by atoms with E-state index in [0.717, 1.165) is 6.54 Å². The number of likely N-dealkylation sites (tertiary alicyclic amines) is 1. The van der Waals surface area contributed by atoms with E-state index in [2.05, 4.69) is 43.0 Å². The third kappa shape index (κ3) is 3.12. The van der Waals surface area contributed by atoms with E-state index in [4.69, 9.17) is 5.73 Å². The molecule has 2 N–H and O–H groups in total. The van der Waals surface area contributed by atoms with Crippen LogP contribution in [0.4, 0.5) is 0 Å². The summed E-state index contributed by atoms with van der Waals surface area (Å²) < 4.78 is 0. The molecule has 0 spiro atoms. The highest BCUT2D eigenvalue weighted by molar-refractivity contribution is 5.27. The standard InChI is InChI=1S/C16H26N2/c1-13(2)14-6-8-15(9-7-14)16(12-17)18-10-4-3-5-11-18/h6-9,13,16H,3-5,10-12,17H2,1-2H3/t16-/m0/s1. The Bertz CT molecular complexity index is 350. The summed E-state index contributed by atoms with van der Waals surface area (Å²) in [6, 6.07) is 9.45. The van der Waals surface area contributed by atoms with Crippen LogP contribution in [0.3, 0.4) is 0 Å². The van der Waals surface area contributed by atoms with Gasteiger partial charge >= 0.3 is 0 Å². The van der Waals surface area contributed by atoms with Crippen molar-refractivity contribution in [1.82, 2.24) is 4.90 Å². The summed E-state index contributed by atoms with van der Waals surface area (Å²) in [7, 11) is 0. The van der Waals surface area contributed by atoms with Gasteiger partial charge in [-0.05, 0) is 43.0 Å². The van der Waals surface area contributed by atoms with Crippen LogP contribution in [0.1, 0.15) is 56.2 Å². The fraction of sp³-hybridized carbons (Fsp3) is 0.625. The Balaban J connectivity index is 2.11. The first-order chi connectivity index (χ1) is 8.72. The van der Waals surface area contributed by atoms with Crippen molar-refractivity contribution in [2.75, 3.05) is 19.6 Å². The van der Waals surface area contributed by atoms with Gasteiger partial charge in [-0.1, -0.05) is 44.5 Å². The van der Waals surface area contributed by atoms with Gasteiger partial charge in [0.15, 0.2) is 0 Å². The number of nitrogens with zero attached hydrogens (tertiary/aromatic N) is 1. The summed E-state index contributed by atoms with van der Waals surface area (Å²) in [4.78, 5) is 2.55. The molecule has 0 aliphatic carbocycles.